The molecule has 61 heavy (non-hydrogen) atoms. The Hall–Kier alpha value is -7.94. The molecule has 12 rings (SSSR count). The molecular weight excluding hydrogens is 737 g/mol. The molecule has 0 radical (unpaired) electrons. The normalized spacial score (nSPS) is 14.3. The number of para-hydroxylation sites is 4. The summed E-state index contributed by atoms with van der Waals surface area (Å²) in [4.78, 5) is 4.93. The van der Waals surface area contributed by atoms with Crippen molar-refractivity contribution in [3.63, 3.8) is 0 Å². The fourth-order valence-electron chi connectivity index (χ4n) is 10.4. The minimum Gasteiger partial charge on any atom is -0.310 e. The van der Waals surface area contributed by atoms with E-state index in [1.807, 2.05) is 0 Å². The number of rotatable bonds is 7. The van der Waals surface area contributed by atoms with E-state index in [4.69, 9.17) is 0 Å². The van der Waals surface area contributed by atoms with Gasteiger partial charge in [-0.25, -0.2) is 0 Å². The van der Waals surface area contributed by atoms with E-state index < -0.39 is 5.41 Å². The van der Waals surface area contributed by atoms with Gasteiger partial charge in [-0.15, -0.1) is 0 Å². The summed E-state index contributed by atoms with van der Waals surface area (Å²) in [6.07, 6.45) is 0. The molecule has 0 heterocycles. The Morgan fingerprint density at radius 2 is 0.770 bits per heavy atom. The average Bonchev–Trinajstić information content (AvgIpc) is 3.79. The Kier molecular flexibility index (Phi) is 8.11. The predicted molar refractivity (Wildman–Crippen MR) is 255 cm³/mol. The highest BCUT2D eigenvalue weighted by Crippen LogP contribution is 2.67. The smallest absolute Gasteiger partial charge is 0.0746 e. The lowest BCUT2D eigenvalue weighted by Gasteiger charge is -2.37. The highest BCUT2D eigenvalue weighted by atomic mass is 15.2. The first-order chi connectivity index (χ1) is 30.3. The number of benzene rings is 10. The van der Waals surface area contributed by atoms with Crippen molar-refractivity contribution in [2.24, 2.45) is 0 Å². The van der Waals surface area contributed by atoms with Crippen molar-refractivity contribution in [3.05, 3.63) is 265 Å². The average molecular weight is 777 g/mol. The van der Waals surface area contributed by atoms with Crippen LogP contribution in [0.4, 0.5) is 34.1 Å². The zero-order valence-electron chi connectivity index (χ0n) is 33.5. The molecule has 10 aromatic carbocycles. The molecule has 2 nitrogen and oxygen atoms in total. The second-order valence-electron chi connectivity index (χ2n) is 16.0. The van der Waals surface area contributed by atoms with E-state index in [-0.39, 0.29) is 0 Å². The van der Waals surface area contributed by atoms with Gasteiger partial charge in [0, 0.05) is 39.3 Å². The van der Waals surface area contributed by atoms with Gasteiger partial charge < -0.3 is 9.80 Å². The molecule has 0 bridgehead atoms. The molecule has 10 aromatic rings. The van der Waals surface area contributed by atoms with Crippen molar-refractivity contribution in [2.45, 2.75) is 5.41 Å². The Morgan fingerprint density at radius 3 is 1.41 bits per heavy atom. The fraction of sp³-hybridized carbons (Fsp3) is 0.0169. The minimum absolute atomic E-state index is 0.600. The van der Waals surface area contributed by atoms with E-state index in [1.165, 1.54) is 72.1 Å². The van der Waals surface area contributed by atoms with Crippen LogP contribution in [0.1, 0.15) is 22.3 Å². The highest BCUT2D eigenvalue weighted by molar-refractivity contribution is 6.10. The van der Waals surface area contributed by atoms with Crippen molar-refractivity contribution in [1.82, 2.24) is 0 Å². The zero-order valence-corrected chi connectivity index (χ0v) is 33.5. The Labute approximate surface area is 356 Å². The maximum atomic E-state index is 2.50. The van der Waals surface area contributed by atoms with Crippen molar-refractivity contribution in [2.75, 3.05) is 9.80 Å². The van der Waals surface area contributed by atoms with Gasteiger partial charge >= 0.3 is 0 Å². The van der Waals surface area contributed by atoms with E-state index in [0.29, 0.717) is 0 Å². The molecule has 0 aliphatic heterocycles. The van der Waals surface area contributed by atoms with Gasteiger partial charge in [-0.1, -0.05) is 182 Å². The van der Waals surface area contributed by atoms with Crippen LogP contribution in [0.2, 0.25) is 0 Å². The first kappa shape index (κ1) is 35.0. The summed E-state index contributed by atoms with van der Waals surface area (Å²) in [6, 6.07) is 89.0. The molecule has 2 aliphatic carbocycles. The van der Waals surface area contributed by atoms with Crippen molar-refractivity contribution in [1.29, 1.82) is 0 Å². The van der Waals surface area contributed by atoms with Gasteiger partial charge in [0.2, 0.25) is 0 Å². The third kappa shape index (κ3) is 5.29. The fourth-order valence-corrected chi connectivity index (χ4v) is 10.4. The maximum Gasteiger partial charge on any atom is 0.0746 e. The summed E-state index contributed by atoms with van der Waals surface area (Å²) in [5, 5.41) is 2.44. The van der Waals surface area contributed by atoms with Crippen LogP contribution in [0.3, 0.4) is 0 Å². The molecule has 0 saturated carbocycles. The van der Waals surface area contributed by atoms with E-state index in [0.717, 1.165) is 28.4 Å². The molecule has 286 valence electrons. The molecule has 2 heteroatoms. The second-order valence-corrected chi connectivity index (χ2v) is 16.0. The molecule has 0 fully saturated rings. The molecule has 2 aliphatic rings. The van der Waals surface area contributed by atoms with Crippen LogP contribution in [0.5, 0.6) is 0 Å². The number of hydrogen-bond acceptors (Lipinski definition) is 2. The summed E-state index contributed by atoms with van der Waals surface area (Å²) < 4.78 is 0. The van der Waals surface area contributed by atoms with Crippen LogP contribution in [-0.2, 0) is 5.41 Å². The Morgan fingerprint density at radius 1 is 0.295 bits per heavy atom. The monoisotopic (exact) mass is 776 g/mol. The van der Waals surface area contributed by atoms with Gasteiger partial charge in [-0.05, 0) is 111 Å². The van der Waals surface area contributed by atoms with E-state index >= 15 is 0 Å². The topological polar surface area (TPSA) is 6.48 Å². The minimum atomic E-state index is -0.600. The van der Waals surface area contributed by atoms with Gasteiger partial charge in [0.05, 0.1) is 16.8 Å². The van der Waals surface area contributed by atoms with Crippen molar-refractivity contribution in [3.8, 4) is 33.4 Å². The van der Waals surface area contributed by atoms with Gasteiger partial charge in [0.25, 0.3) is 0 Å². The van der Waals surface area contributed by atoms with E-state index in [9.17, 15) is 0 Å². The van der Waals surface area contributed by atoms with Gasteiger partial charge in [-0.3, -0.25) is 0 Å². The molecular formula is C59H40N2. The molecule has 0 saturated heterocycles. The maximum absolute atomic E-state index is 2.50. The number of nitrogens with zero attached hydrogens (tertiary/aromatic N) is 2. The Bertz CT molecular complexity index is 3210. The largest absolute Gasteiger partial charge is 0.310 e. The summed E-state index contributed by atoms with van der Waals surface area (Å²) in [6.45, 7) is 0. The third-order valence-electron chi connectivity index (χ3n) is 12.8. The van der Waals surface area contributed by atoms with Crippen LogP contribution in [0.25, 0.3) is 44.2 Å². The first-order valence-corrected chi connectivity index (χ1v) is 21.1. The van der Waals surface area contributed by atoms with Gasteiger partial charge in [0.15, 0.2) is 0 Å². The lowest BCUT2D eigenvalue weighted by atomic mass is 9.69. The number of hydrogen-bond donors (Lipinski definition) is 0. The first-order valence-electron chi connectivity index (χ1n) is 21.1. The predicted octanol–water partition coefficient (Wildman–Crippen LogP) is 15.8. The van der Waals surface area contributed by atoms with Crippen LogP contribution in [0, 0.1) is 0 Å². The summed E-state index contributed by atoms with van der Waals surface area (Å²) in [5.74, 6) is 0. The zero-order chi connectivity index (χ0) is 40.3. The van der Waals surface area contributed by atoms with Crippen LogP contribution in [0.15, 0.2) is 243 Å². The molecule has 0 amide bonds. The molecule has 0 aromatic heterocycles. The van der Waals surface area contributed by atoms with Crippen LogP contribution in [-0.4, -0.2) is 0 Å². The summed E-state index contributed by atoms with van der Waals surface area (Å²) in [5.41, 5.74) is 18.9. The SMILES string of the molecule is c1ccc(-c2ccccc2N(c2ccccc2)c2ccc3c(c2)-c2ccccc2C32c3ccccc3-c3cc4ccccc4c(N(c4ccccc4)c4ccccc4)c32)cc1. The number of anilines is 6. The molecule has 0 N–H and O–H groups in total. The molecule has 1 unspecified atom stereocenters. The Balaban J connectivity index is 1.18. The third-order valence-corrected chi connectivity index (χ3v) is 12.8. The molecule has 1 atom stereocenters. The van der Waals surface area contributed by atoms with E-state index in [2.05, 4.69) is 252 Å². The summed E-state index contributed by atoms with van der Waals surface area (Å²) >= 11 is 0. The molecule has 1 spiro atoms. The van der Waals surface area contributed by atoms with Crippen molar-refractivity contribution >= 4 is 44.9 Å². The lowest BCUT2D eigenvalue weighted by Crippen LogP contribution is -2.28. The van der Waals surface area contributed by atoms with Crippen LogP contribution >= 0.6 is 0 Å². The van der Waals surface area contributed by atoms with Crippen molar-refractivity contribution < 1.29 is 0 Å². The lowest BCUT2D eigenvalue weighted by molar-refractivity contribution is 0.794. The second kappa shape index (κ2) is 14.1. The van der Waals surface area contributed by atoms with Gasteiger partial charge in [-0.2, -0.15) is 0 Å². The van der Waals surface area contributed by atoms with Crippen LogP contribution < -0.4 is 9.80 Å². The standard InChI is InChI=1S/C59H40N2/c1-5-21-41(22-6-1)47-30-17-20-36-56(47)60(43-24-7-2-8-25-43)46-37-38-55-51(40-46)49-32-15-18-34-53(49)59(55)54-35-19-16-33-50(54)52-39-42-23-13-14-31-48(42)58(57(52)59)61(44-26-9-3-10-27-44)45-28-11-4-12-29-45/h1-40H. The quantitative estimate of drug-likeness (QED) is 0.159. The number of fused-ring (bicyclic) bond motifs is 11. The van der Waals surface area contributed by atoms with E-state index in [1.54, 1.807) is 0 Å². The van der Waals surface area contributed by atoms with Gasteiger partial charge in [0.1, 0.15) is 0 Å². The highest BCUT2D eigenvalue weighted by Gasteiger charge is 2.54. The summed E-state index contributed by atoms with van der Waals surface area (Å²) in [7, 11) is 0.